The number of nitrogens with zero attached hydrogens (tertiary/aromatic N) is 2. The lowest BCUT2D eigenvalue weighted by atomic mass is 10.2. The van der Waals surface area contributed by atoms with Crippen molar-refractivity contribution in [2.24, 2.45) is 0 Å². The quantitative estimate of drug-likeness (QED) is 0.358. The molecule has 1 aliphatic rings. The predicted octanol–water partition coefficient (Wildman–Crippen LogP) is 4.86. The van der Waals surface area contributed by atoms with E-state index in [1.807, 2.05) is 47.9 Å². The number of thioether (sulfide) groups is 1. The average Bonchev–Trinajstić information content (AvgIpc) is 3.31. The zero-order chi connectivity index (χ0) is 18.1. The monoisotopic (exact) mass is 384 g/mol. The molecule has 2 aromatic heterocycles. The number of hydrogen-bond acceptors (Lipinski definition) is 5. The third-order valence-electron chi connectivity index (χ3n) is 4.81. The minimum atomic E-state index is 0.0180. The average molecular weight is 385 g/mol. The molecule has 4 rings (SSSR count). The molecule has 1 aliphatic carbocycles. The molecule has 3 aromatic rings. The predicted molar refractivity (Wildman–Crippen MR) is 108 cm³/mol. The van der Waals surface area contributed by atoms with Gasteiger partial charge in [0.2, 0.25) is 0 Å². The molecule has 6 heteroatoms. The van der Waals surface area contributed by atoms with Gasteiger partial charge >= 0.3 is 0 Å². The van der Waals surface area contributed by atoms with Gasteiger partial charge in [-0.25, -0.2) is 4.98 Å². The van der Waals surface area contributed by atoms with Gasteiger partial charge in [0.25, 0.3) is 5.56 Å². The highest BCUT2D eigenvalue weighted by atomic mass is 32.2. The maximum absolute atomic E-state index is 13.1. The lowest BCUT2D eigenvalue weighted by Crippen LogP contribution is -2.26. The maximum atomic E-state index is 13.1. The Balaban J connectivity index is 1.69. The molecule has 26 heavy (non-hydrogen) atoms. The van der Waals surface area contributed by atoms with Crippen LogP contribution in [0.5, 0.6) is 0 Å². The van der Waals surface area contributed by atoms with Crippen LogP contribution in [0, 0.1) is 6.92 Å². The molecule has 0 spiro atoms. The van der Waals surface area contributed by atoms with Crippen molar-refractivity contribution in [2.75, 3.05) is 5.75 Å². The fourth-order valence-corrected chi connectivity index (χ4v) is 5.34. The molecule has 0 atom stereocenters. The number of benzene rings is 1. The van der Waals surface area contributed by atoms with Crippen LogP contribution in [-0.4, -0.2) is 21.1 Å². The summed E-state index contributed by atoms with van der Waals surface area (Å²) in [5.74, 6) is 0.394. The summed E-state index contributed by atoms with van der Waals surface area (Å²) in [5.41, 5.74) is 0.720. The SMILES string of the molecule is Cc1ccc(C(=O)CSc2nc3ccccc3c(=O)n2C2CCCC2)s1. The summed E-state index contributed by atoms with van der Waals surface area (Å²) in [7, 11) is 0. The van der Waals surface area contributed by atoms with Gasteiger partial charge in [-0.3, -0.25) is 14.2 Å². The summed E-state index contributed by atoms with van der Waals surface area (Å²) in [6, 6.07) is 11.5. The fourth-order valence-electron chi connectivity index (χ4n) is 3.50. The summed E-state index contributed by atoms with van der Waals surface area (Å²) in [5, 5.41) is 1.33. The Morgan fingerprint density at radius 2 is 2.00 bits per heavy atom. The zero-order valence-electron chi connectivity index (χ0n) is 14.6. The third-order valence-corrected chi connectivity index (χ3v) is 6.81. The van der Waals surface area contributed by atoms with Crippen molar-refractivity contribution in [2.45, 2.75) is 43.8 Å². The fraction of sp³-hybridized carbons (Fsp3) is 0.350. The number of rotatable bonds is 5. The summed E-state index contributed by atoms with van der Waals surface area (Å²) in [6.45, 7) is 2.00. The van der Waals surface area contributed by atoms with Crippen molar-refractivity contribution in [1.82, 2.24) is 9.55 Å². The van der Waals surface area contributed by atoms with Crippen LogP contribution in [-0.2, 0) is 0 Å². The molecule has 0 aliphatic heterocycles. The summed E-state index contributed by atoms with van der Waals surface area (Å²) in [4.78, 5) is 32.2. The molecule has 0 amide bonds. The Bertz CT molecular complexity index is 1020. The van der Waals surface area contributed by atoms with Gasteiger partial charge in [-0.15, -0.1) is 11.3 Å². The first-order valence-corrected chi connectivity index (χ1v) is 10.7. The van der Waals surface area contributed by atoms with Crippen molar-refractivity contribution < 1.29 is 4.79 Å². The van der Waals surface area contributed by atoms with Crippen LogP contribution in [0.25, 0.3) is 10.9 Å². The Kier molecular flexibility index (Phi) is 4.96. The molecule has 1 fully saturated rings. The summed E-state index contributed by atoms with van der Waals surface area (Å²) < 4.78 is 1.84. The minimum absolute atomic E-state index is 0.0180. The van der Waals surface area contributed by atoms with E-state index in [0.717, 1.165) is 35.4 Å². The zero-order valence-corrected chi connectivity index (χ0v) is 16.2. The van der Waals surface area contributed by atoms with Crippen molar-refractivity contribution >= 4 is 39.8 Å². The van der Waals surface area contributed by atoms with E-state index < -0.39 is 0 Å². The van der Waals surface area contributed by atoms with Gasteiger partial charge in [0.15, 0.2) is 10.9 Å². The van der Waals surface area contributed by atoms with Crippen LogP contribution in [0.2, 0.25) is 0 Å². The van der Waals surface area contributed by atoms with Crippen molar-refractivity contribution in [3.8, 4) is 0 Å². The number of hydrogen-bond donors (Lipinski definition) is 0. The molecule has 0 N–H and O–H groups in total. The molecular formula is C20H20N2O2S2. The molecule has 0 bridgehead atoms. The highest BCUT2D eigenvalue weighted by Gasteiger charge is 2.23. The van der Waals surface area contributed by atoms with Crippen LogP contribution in [0.1, 0.15) is 46.3 Å². The van der Waals surface area contributed by atoms with E-state index >= 15 is 0 Å². The number of Topliss-reactive ketones (excluding diaryl/α,β-unsaturated/α-hetero) is 1. The van der Waals surface area contributed by atoms with Crippen molar-refractivity contribution in [3.05, 3.63) is 56.5 Å². The standard InChI is InChI=1S/C20H20N2O2S2/c1-13-10-11-18(26-13)17(23)12-25-20-21-16-9-5-4-8-15(16)19(24)22(20)14-6-2-3-7-14/h4-5,8-11,14H,2-3,6-7,12H2,1H3. The van der Waals surface area contributed by atoms with Crippen LogP contribution in [0.3, 0.4) is 0 Å². The van der Waals surface area contributed by atoms with Crippen LogP contribution < -0.4 is 5.56 Å². The van der Waals surface area contributed by atoms with Crippen molar-refractivity contribution in [1.29, 1.82) is 0 Å². The molecule has 0 unspecified atom stereocenters. The molecule has 1 aromatic carbocycles. The number of carbonyl (C=O) groups is 1. The number of ketones is 1. The number of aryl methyl sites for hydroxylation is 1. The second kappa shape index (κ2) is 7.37. The van der Waals surface area contributed by atoms with Gasteiger partial charge in [-0.1, -0.05) is 36.7 Å². The smallest absolute Gasteiger partial charge is 0.262 e. The summed E-state index contributed by atoms with van der Waals surface area (Å²) >= 11 is 2.90. The number of aromatic nitrogens is 2. The molecular weight excluding hydrogens is 364 g/mol. The lowest BCUT2D eigenvalue weighted by molar-refractivity contribution is 0.102. The number of carbonyl (C=O) groups excluding carboxylic acids is 1. The summed E-state index contributed by atoms with van der Waals surface area (Å²) in [6.07, 6.45) is 4.29. The molecule has 0 saturated heterocycles. The van der Waals surface area contributed by atoms with Crippen LogP contribution in [0.15, 0.2) is 46.3 Å². The molecule has 4 nitrogen and oxygen atoms in total. The minimum Gasteiger partial charge on any atom is -0.292 e. The van der Waals surface area contributed by atoms with E-state index in [0.29, 0.717) is 21.8 Å². The van der Waals surface area contributed by atoms with E-state index in [1.54, 1.807) is 0 Å². The Morgan fingerprint density at radius 3 is 2.73 bits per heavy atom. The number of fused-ring (bicyclic) bond motifs is 1. The highest BCUT2D eigenvalue weighted by Crippen LogP contribution is 2.32. The molecule has 134 valence electrons. The first kappa shape index (κ1) is 17.5. The van der Waals surface area contributed by atoms with E-state index in [-0.39, 0.29) is 17.4 Å². The van der Waals surface area contributed by atoms with Crippen LogP contribution >= 0.6 is 23.1 Å². The van der Waals surface area contributed by atoms with Gasteiger partial charge in [-0.2, -0.15) is 0 Å². The Labute approximate surface area is 160 Å². The number of para-hydroxylation sites is 1. The molecule has 1 saturated carbocycles. The van der Waals surface area contributed by atoms with Gasteiger partial charge < -0.3 is 0 Å². The Hall–Kier alpha value is -1.92. The second-order valence-corrected chi connectivity index (χ2v) is 8.88. The molecule has 0 radical (unpaired) electrons. The third kappa shape index (κ3) is 3.35. The Morgan fingerprint density at radius 1 is 1.23 bits per heavy atom. The largest absolute Gasteiger partial charge is 0.292 e. The van der Waals surface area contributed by atoms with E-state index in [4.69, 9.17) is 4.98 Å². The van der Waals surface area contributed by atoms with E-state index in [9.17, 15) is 9.59 Å². The topological polar surface area (TPSA) is 52.0 Å². The van der Waals surface area contributed by atoms with Gasteiger partial charge in [0.1, 0.15) is 0 Å². The first-order valence-electron chi connectivity index (χ1n) is 8.87. The van der Waals surface area contributed by atoms with E-state index in [1.165, 1.54) is 23.1 Å². The maximum Gasteiger partial charge on any atom is 0.262 e. The first-order chi connectivity index (χ1) is 12.6. The second-order valence-electron chi connectivity index (χ2n) is 6.65. The number of thiophene rings is 1. The van der Waals surface area contributed by atoms with Gasteiger partial charge in [0.05, 0.1) is 21.5 Å². The normalized spacial score (nSPS) is 15.0. The van der Waals surface area contributed by atoms with Crippen LogP contribution in [0.4, 0.5) is 0 Å². The van der Waals surface area contributed by atoms with E-state index in [2.05, 4.69) is 0 Å². The molecule has 2 heterocycles. The van der Waals surface area contributed by atoms with Crippen molar-refractivity contribution in [3.63, 3.8) is 0 Å². The lowest BCUT2D eigenvalue weighted by Gasteiger charge is -2.18. The van der Waals surface area contributed by atoms with Gasteiger partial charge in [-0.05, 0) is 44.0 Å². The highest BCUT2D eigenvalue weighted by molar-refractivity contribution is 7.99. The van der Waals surface area contributed by atoms with Gasteiger partial charge in [0, 0.05) is 10.9 Å².